The van der Waals surface area contributed by atoms with Gasteiger partial charge in [0.05, 0.1) is 25.1 Å². The Labute approximate surface area is 137 Å². The van der Waals surface area contributed by atoms with E-state index in [1.54, 1.807) is 19.1 Å². The molecule has 0 radical (unpaired) electrons. The number of amides is 2. The molecular weight excluding hydrogens is 314 g/mol. The molecule has 0 bridgehead atoms. The topological polar surface area (TPSA) is 99.5 Å². The quantitative estimate of drug-likeness (QED) is 0.831. The molecular formula is C16H17N3O5. The fourth-order valence-corrected chi connectivity index (χ4v) is 2.93. The Hall–Kier alpha value is -2.90. The van der Waals surface area contributed by atoms with Gasteiger partial charge in [-0.3, -0.25) is 24.3 Å². The van der Waals surface area contributed by atoms with Crippen molar-refractivity contribution < 1.29 is 19.1 Å². The van der Waals surface area contributed by atoms with E-state index >= 15 is 0 Å². The predicted molar refractivity (Wildman–Crippen MR) is 85.3 cm³/mol. The average molecular weight is 331 g/mol. The number of methoxy groups -OCH3 is 2. The molecule has 1 aromatic heterocycles. The van der Waals surface area contributed by atoms with Gasteiger partial charge in [-0.2, -0.15) is 0 Å². The number of rotatable bonds is 3. The molecule has 0 unspecified atom stereocenters. The van der Waals surface area contributed by atoms with E-state index < -0.39 is 11.9 Å². The number of nitrogens with one attached hydrogen (secondary N) is 1. The molecule has 1 saturated heterocycles. The van der Waals surface area contributed by atoms with Crippen LogP contribution in [0.5, 0.6) is 11.5 Å². The second kappa shape index (κ2) is 5.95. The van der Waals surface area contributed by atoms with Gasteiger partial charge in [0.15, 0.2) is 11.5 Å². The molecule has 1 aliphatic rings. The van der Waals surface area contributed by atoms with Crippen molar-refractivity contribution in [2.75, 3.05) is 14.2 Å². The number of aryl methyl sites for hydroxylation is 1. The highest BCUT2D eigenvalue weighted by atomic mass is 16.5. The molecule has 2 heterocycles. The van der Waals surface area contributed by atoms with Crippen molar-refractivity contribution in [2.24, 2.45) is 0 Å². The molecule has 2 aromatic rings. The zero-order valence-electron chi connectivity index (χ0n) is 13.6. The maximum absolute atomic E-state index is 12.9. The van der Waals surface area contributed by atoms with Crippen molar-refractivity contribution in [3.05, 3.63) is 28.3 Å². The summed E-state index contributed by atoms with van der Waals surface area (Å²) >= 11 is 0. The summed E-state index contributed by atoms with van der Waals surface area (Å²) in [4.78, 5) is 40.7. The maximum Gasteiger partial charge on any atom is 0.262 e. The third-order valence-corrected chi connectivity index (χ3v) is 4.10. The van der Waals surface area contributed by atoms with Crippen molar-refractivity contribution in [3.63, 3.8) is 0 Å². The zero-order chi connectivity index (χ0) is 17.4. The SMILES string of the molecule is COc1cc2nc(C)n([C@H]3CCC(=O)NC3=O)c(=O)c2cc1OC. The Morgan fingerprint density at radius 1 is 1.17 bits per heavy atom. The van der Waals surface area contributed by atoms with Gasteiger partial charge in [0, 0.05) is 12.5 Å². The molecule has 1 fully saturated rings. The molecule has 24 heavy (non-hydrogen) atoms. The van der Waals surface area contributed by atoms with Crippen LogP contribution in [0.1, 0.15) is 24.7 Å². The molecule has 1 N–H and O–H groups in total. The van der Waals surface area contributed by atoms with E-state index in [1.165, 1.54) is 18.8 Å². The number of nitrogens with zero attached hydrogens (tertiary/aromatic N) is 2. The van der Waals surface area contributed by atoms with Crippen LogP contribution in [0.3, 0.4) is 0 Å². The maximum atomic E-state index is 12.9. The van der Waals surface area contributed by atoms with Crippen LogP contribution in [-0.4, -0.2) is 35.6 Å². The third kappa shape index (κ3) is 2.49. The summed E-state index contributed by atoms with van der Waals surface area (Å²) in [6.07, 6.45) is 0.456. The van der Waals surface area contributed by atoms with Gasteiger partial charge in [-0.25, -0.2) is 4.98 Å². The van der Waals surface area contributed by atoms with E-state index in [1.807, 2.05) is 0 Å². The zero-order valence-corrected chi connectivity index (χ0v) is 13.6. The lowest BCUT2D eigenvalue weighted by Gasteiger charge is -2.24. The Bertz CT molecular complexity index is 903. The Balaban J connectivity index is 2.21. The molecule has 1 aromatic carbocycles. The number of fused-ring (bicyclic) bond motifs is 1. The van der Waals surface area contributed by atoms with E-state index in [4.69, 9.17) is 9.47 Å². The van der Waals surface area contributed by atoms with Crippen molar-refractivity contribution in [1.82, 2.24) is 14.9 Å². The second-order valence-corrected chi connectivity index (χ2v) is 5.53. The highest BCUT2D eigenvalue weighted by Crippen LogP contribution is 2.30. The largest absolute Gasteiger partial charge is 0.493 e. The van der Waals surface area contributed by atoms with E-state index in [2.05, 4.69) is 10.3 Å². The predicted octanol–water partition coefficient (Wildman–Crippen LogP) is 0.700. The number of aromatic nitrogens is 2. The number of hydrogen-bond donors (Lipinski definition) is 1. The molecule has 2 amide bonds. The van der Waals surface area contributed by atoms with Gasteiger partial charge >= 0.3 is 0 Å². The number of carbonyl (C=O) groups excluding carboxylic acids is 2. The first-order chi connectivity index (χ1) is 11.5. The number of carbonyl (C=O) groups is 2. The standard InChI is InChI=1S/C16H17N3O5/c1-8-17-10-7-13(24-3)12(23-2)6-9(10)16(22)19(8)11-4-5-14(20)18-15(11)21/h6-7,11H,4-5H2,1-3H3,(H,18,20,21)/t11-/m0/s1. The minimum Gasteiger partial charge on any atom is -0.493 e. The molecule has 8 heteroatoms. The summed E-state index contributed by atoms with van der Waals surface area (Å²) in [7, 11) is 2.98. The molecule has 1 aliphatic heterocycles. The fourth-order valence-electron chi connectivity index (χ4n) is 2.93. The molecule has 8 nitrogen and oxygen atoms in total. The summed E-state index contributed by atoms with van der Waals surface area (Å²) in [5, 5.41) is 2.58. The van der Waals surface area contributed by atoms with Gasteiger partial charge in [-0.05, 0) is 19.4 Å². The lowest BCUT2D eigenvalue weighted by Crippen LogP contribution is -2.45. The number of ether oxygens (including phenoxy) is 2. The minimum absolute atomic E-state index is 0.187. The van der Waals surface area contributed by atoms with Gasteiger partial charge in [0.1, 0.15) is 11.9 Å². The number of piperidine rings is 1. The highest BCUT2D eigenvalue weighted by Gasteiger charge is 2.30. The highest BCUT2D eigenvalue weighted by molar-refractivity contribution is 5.99. The molecule has 0 spiro atoms. The summed E-state index contributed by atoms with van der Waals surface area (Å²) in [6.45, 7) is 1.65. The Morgan fingerprint density at radius 2 is 1.83 bits per heavy atom. The molecule has 1 atom stereocenters. The first-order valence-electron chi connectivity index (χ1n) is 7.44. The average Bonchev–Trinajstić information content (AvgIpc) is 2.55. The number of imide groups is 1. The van der Waals surface area contributed by atoms with Crippen LogP contribution in [0.4, 0.5) is 0 Å². The van der Waals surface area contributed by atoms with Gasteiger partial charge in [0.2, 0.25) is 11.8 Å². The van der Waals surface area contributed by atoms with Gasteiger partial charge in [-0.1, -0.05) is 0 Å². The van der Waals surface area contributed by atoms with Crippen LogP contribution in [0.25, 0.3) is 10.9 Å². The van der Waals surface area contributed by atoms with Crippen molar-refractivity contribution in [2.45, 2.75) is 25.8 Å². The molecule has 3 rings (SSSR count). The number of benzene rings is 1. The van der Waals surface area contributed by atoms with Crippen LogP contribution in [0.2, 0.25) is 0 Å². The monoisotopic (exact) mass is 331 g/mol. The first-order valence-corrected chi connectivity index (χ1v) is 7.44. The summed E-state index contributed by atoms with van der Waals surface area (Å²) < 4.78 is 11.8. The Morgan fingerprint density at radius 3 is 2.46 bits per heavy atom. The normalized spacial score (nSPS) is 17.7. The van der Waals surface area contributed by atoms with E-state index in [0.717, 1.165) is 0 Å². The minimum atomic E-state index is -0.750. The first kappa shape index (κ1) is 16.0. The van der Waals surface area contributed by atoms with E-state index in [9.17, 15) is 14.4 Å². The van der Waals surface area contributed by atoms with Crippen LogP contribution in [0.15, 0.2) is 16.9 Å². The van der Waals surface area contributed by atoms with E-state index in [0.29, 0.717) is 28.2 Å². The summed E-state index contributed by atoms with van der Waals surface area (Å²) in [5.41, 5.74) is 0.103. The van der Waals surface area contributed by atoms with Crippen LogP contribution in [0, 0.1) is 6.92 Å². The molecule has 126 valence electrons. The van der Waals surface area contributed by atoms with Crippen LogP contribution < -0.4 is 20.3 Å². The van der Waals surface area contributed by atoms with Gasteiger partial charge < -0.3 is 9.47 Å². The summed E-state index contributed by atoms with van der Waals surface area (Å²) in [6, 6.07) is 2.42. The van der Waals surface area contributed by atoms with Crippen molar-refractivity contribution in [3.8, 4) is 11.5 Å². The summed E-state index contributed by atoms with van der Waals surface area (Å²) in [5.74, 6) is 0.451. The van der Waals surface area contributed by atoms with Gasteiger partial charge in [0.25, 0.3) is 5.56 Å². The fraction of sp³-hybridized carbons (Fsp3) is 0.375. The van der Waals surface area contributed by atoms with Crippen molar-refractivity contribution in [1.29, 1.82) is 0 Å². The molecule has 0 saturated carbocycles. The van der Waals surface area contributed by atoms with Crippen LogP contribution >= 0.6 is 0 Å². The van der Waals surface area contributed by atoms with Crippen LogP contribution in [-0.2, 0) is 9.59 Å². The third-order valence-electron chi connectivity index (χ3n) is 4.10. The number of hydrogen-bond acceptors (Lipinski definition) is 6. The molecule has 0 aliphatic carbocycles. The Kier molecular flexibility index (Phi) is 3.96. The van der Waals surface area contributed by atoms with Crippen molar-refractivity contribution >= 4 is 22.7 Å². The van der Waals surface area contributed by atoms with E-state index in [-0.39, 0.29) is 24.3 Å². The van der Waals surface area contributed by atoms with Gasteiger partial charge in [-0.15, -0.1) is 0 Å². The smallest absolute Gasteiger partial charge is 0.262 e. The lowest BCUT2D eigenvalue weighted by atomic mass is 10.1. The second-order valence-electron chi connectivity index (χ2n) is 5.53. The lowest BCUT2D eigenvalue weighted by molar-refractivity contribution is -0.135.